The van der Waals surface area contributed by atoms with Gasteiger partial charge in [0.25, 0.3) is 5.91 Å². The van der Waals surface area contributed by atoms with Gasteiger partial charge < -0.3 is 19.5 Å². The van der Waals surface area contributed by atoms with Crippen molar-refractivity contribution in [1.82, 2.24) is 0 Å². The van der Waals surface area contributed by atoms with E-state index in [1.165, 1.54) is 24.3 Å². The first-order chi connectivity index (χ1) is 12.1. The van der Waals surface area contributed by atoms with E-state index < -0.39 is 17.8 Å². The summed E-state index contributed by atoms with van der Waals surface area (Å²) in [6.07, 6.45) is -0.708. The van der Waals surface area contributed by atoms with Gasteiger partial charge in [-0.3, -0.25) is 4.79 Å². The molecule has 1 amide bonds. The van der Waals surface area contributed by atoms with Crippen LogP contribution in [0.2, 0.25) is 0 Å². The molecule has 25 heavy (non-hydrogen) atoms. The Morgan fingerprint density at radius 2 is 2.08 bits per heavy atom. The summed E-state index contributed by atoms with van der Waals surface area (Å²) in [6, 6.07) is 9.96. The highest BCUT2D eigenvalue weighted by atomic mass is 19.1. The van der Waals surface area contributed by atoms with E-state index in [4.69, 9.17) is 14.2 Å². The first kappa shape index (κ1) is 17.3. The van der Waals surface area contributed by atoms with Crippen LogP contribution in [-0.4, -0.2) is 31.8 Å². The van der Waals surface area contributed by atoms with E-state index in [1.807, 2.05) is 0 Å². The van der Waals surface area contributed by atoms with Crippen LogP contribution in [-0.2, 0) is 20.9 Å². The van der Waals surface area contributed by atoms with Gasteiger partial charge in [0.1, 0.15) is 12.4 Å². The van der Waals surface area contributed by atoms with Crippen molar-refractivity contribution in [1.29, 1.82) is 0 Å². The maximum atomic E-state index is 14.1. The van der Waals surface area contributed by atoms with Gasteiger partial charge >= 0.3 is 0 Å². The number of anilines is 1. The van der Waals surface area contributed by atoms with E-state index in [0.29, 0.717) is 18.8 Å². The second-order valence-electron chi connectivity index (χ2n) is 5.49. The summed E-state index contributed by atoms with van der Waals surface area (Å²) in [6.45, 7) is 1.01. The molecule has 3 rings (SSSR count). The number of carbonyl (C=O) groups excluding carboxylic acids is 1. The topological polar surface area (TPSA) is 56.8 Å². The average molecular weight is 349 g/mol. The number of nitrogens with one attached hydrogen (secondary N) is 1. The van der Waals surface area contributed by atoms with E-state index in [-0.39, 0.29) is 30.5 Å². The van der Waals surface area contributed by atoms with Crippen molar-refractivity contribution in [2.45, 2.75) is 12.7 Å². The predicted molar refractivity (Wildman–Crippen MR) is 86.3 cm³/mol. The first-order valence-corrected chi connectivity index (χ1v) is 7.79. The number of benzene rings is 2. The van der Waals surface area contributed by atoms with Crippen LogP contribution in [0, 0.1) is 11.6 Å². The summed E-state index contributed by atoms with van der Waals surface area (Å²) in [7, 11) is 0. The maximum absolute atomic E-state index is 14.1. The van der Waals surface area contributed by atoms with Crippen molar-refractivity contribution in [3.63, 3.8) is 0 Å². The van der Waals surface area contributed by atoms with Crippen LogP contribution in [0.5, 0.6) is 5.75 Å². The molecule has 0 radical (unpaired) electrons. The molecule has 2 aromatic carbocycles. The molecule has 132 valence electrons. The van der Waals surface area contributed by atoms with E-state index in [1.54, 1.807) is 12.1 Å². The summed E-state index contributed by atoms with van der Waals surface area (Å²) < 4.78 is 43.0. The van der Waals surface area contributed by atoms with Crippen molar-refractivity contribution in [2.75, 3.05) is 25.1 Å². The normalized spacial score (nSPS) is 17.1. The van der Waals surface area contributed by atoms with Crippen LogP contribution in [0.25, 0.3) is 0 Å². The van der Waals surface area contributed by atoms with E-state index in [2.05, 4.69) is 5.32 Å². The molecule has 0 aliphatic carbocycles. The molecule has 1 heterocycles. The molecule has 1 aliphatic rings. The fourth-order valence-corrected chi connectivity index (χ4v) is 2.35. The lowest BCUT2D eigenvalue weighted by atomic mass is 10.2. The highest BCUT2D eigenvalue weighted by Gasteiger charge is 2.22. The zero-order chi connectivity index (χ0) is 17.6. The number of amides is 1. The molecule has 0 bridgehead atoms. The minimum absolute atomic E-state index is 0.0134. The van der Waals surface area contributed by atoms with Crippen LogP contribution >= 0.6 is 0 Å². The van der Waals surface area contributed by atoms with Gasteiger partial charge in [-0.25, -0.2) is 8.78 Å². The number of ether oxygens (including phenoxy) is 3. The first-order valence-electron chi connectivity index (χ1n) is 7.79. The van der Waals surface area contributed by atoms with Crippen LogP contribution in [0.4, 0.5) is 14.5 Å². The molecular weight excluding hydrogens is 332 g/mol. The molecule has 1 saturated heterocycles. The Labute approximate surface area is 143 Å². The van der Waals surface area contributed by atoms with Gasteiger partial charge in [-0.2, -0.15) is 0 Å². The van der Waals surface area contributed by atoms with Gasteiger partial charge in [-0.15, -0.1) is 0 Å². The van der Waals surface area contributed by atoms with E-state index in [9.17, 15) is 13.6 Å². The van der Waals surface area contributed by atoms with E-state index in [0.717, 1.165) is 6.07 Å². The molecule has 1 atom stereocenters. The molecule has 0 spiro atoms. The number of rotatable bonds is 5. The second-order valence-corrected chi connectivity index (χ2v) is 5.49. The fraction of sp³-hybridized carbons (Fsp3) is 0.278. The molecule has 2 aromatic rings. The lowest BCUT2D eigenvalue weighted by Gasteiger charge is -2.22. The molecule has 1 N–H and O–H groups in total. The van der Waals surface area contributed by atoms with Crippen molar-refractivity contribution in [3.8, 4) is 5.75 Å². The Bertz CT molecular complexity index is 748. The van der Waals surface area contributed by atoms with E-state index >= 15 is 0 Å². The van der Waals surface area contributed by atoms with Crippen LogP contribution in [0.1, 0.15) is 5.56 Å². The third kappa shape index (κ3) is 4.74. The molecule has 7 heteroatoms. The highest BCUT2D eigenvalue weighted by Crippen LogP contribution is 2.22. The molecular formula is C18H17F2NO4. The Morgan fingerprint density at radius 1 is 1.20 bits per heavy atom. The largest absolute Gasteiger partial charge is 0.486 e. The molecule has 5 nitrogen and oxygen atoms in total. The molecule has 1 unspecified atom stereocenters. The molecule has 1 fully saturated rings. The van der Waals surface area contributed by atoms with Gasteiger partial charge in [-0.1, -0.05) is 12.1 Å². The van der Waals surface area contributed by atoms with Crippen LogP contribution in [0.3, 0.4) is 0 Å². The smallest absolute Gasteiger partial charge is 0.255 e. The monoisotopic (exact) mass is 349 g/mol. The maximum Gasteiger partial charge on any atom is 0.255 e. The van der Waals surface area contributed by atoms with Gasteiger partial charge in [0.15, 0.2) is 17.7 Å². The van der Waals surface area contributed by atoms with Gasteiger partial charge in [0.05, 0.1) is 19.8 Å². The Morgan fingerprint density at radius 3 is 2.80 bits per heavy atom. The number of carbonyl (C=O) groups is 1. The van der Waals surface area contributed by atoms with Crippen molar-refractivity contribution in [3.05, 3.63) is 59.7 Å². The van der Waals surface area contributed by atoms with Crippen molar-refractivity contribution in [2.24, 2.45) is 0 Å². The number of hydrogen-bond acceptors (Lipinski definition) is 4. The average Bonchev–Trinajstić information content (AvgIpc) is 2.62. The quantitative estimate of drug-likeness (QED) is 0.902. The summed E-state index contributed by atoms with van der Waals surface area (Å²) in [5.74, 6) is -1.39. The molecule has 1 aliphatic heterocycles. The summed E-state index contributed by atoms with van der Waals surface area (Å²) >= 11 is 0. The minimum Gasteiger partial charge on any atom is -0.486 e. The van der Waals surface area contributed by atoms with Crippen LogP contribution in [0.15, 0.2) is 42.5 Å². The van der Waals surface area contributed by atoms with Crippen molar-refractivity contribution >= 4 is 11.6 Å². The summed E-state index contributed by atoms with van der Waals surface area (Å²) in [5.41, 5.74) is 0.876. The van der Waals surface area contributed by atoms with Crippen molar-refractivity contribution < 1.29 is 27.8 Å². The number of hydrogen-bond donors (Lipinski definition) is 1. The lowest BCUT2D eigenvalue weighted by molar-refractivity contribution is -0.142. The summed E-state index contributed by atoms with van der Waals surface area (Å²) in [5, 5.41) is 2.57. The van der Waals surface area contributed by atoms with Gasteiger partial charge in [0, 0.05) is 11.8 Å². The minimum atomic E-state index is -0.708. The molecule has 0 saturated carbocycles. The second kappa shape index (κ2) is 8.04. The van der Waals surface area contributed by atoms with Crippen LogP contribution < -0.4 is 10.1 Å². The third-order valence-electron chi connectivity index (χ3n) is 3.59. The Hall–Kier alpha value is -2.51. The zero-order valence-electron chi connectivity index (χ0n) is 13.3. The standard InChI is InChI=1S/C18H17F2NO4/c19-13-3-1-2-12(8-13)10-25-16-5-4-14(9-15(16)20)21-18(22)17-11-23-6-7-24-17/h1-5,8-9,17H,6-7,10-11H2,(H,21,22). The lowest BCUT2D eigenvalue weighted by Crippen LogP contribution is -2.39. The fourth-order valence-electron chi connectivity index (χ4n) is 2.35. The highest BCUT2D eigenvalue weighted by molar-refractivity contribution is 5.94. The van der Waals surface area contributed by atoms with Gasteiger partial charge in [0.2, 0.25) is 0 Å². The SMILES string of the molecule is O=C(Nc1ccc(OCc2cccc(F)c2)c(F)c1)C1COCCO1. The predicted octanol–water partition coefficient (Wildman–Crippen LogP) is 2.90. The van der Waals surface area contributed by atoms with Gasteiger partial charge in [-0.05, 0) is 29.8 Å². The Balaban J connectivity index is 1.59. The molecule has 0 aromatic heterocycles. The summed E-state index contributed by atoms with van der Waals surface area (Å²) in [4.78, 5) is 12.0. The zero-order valence-corrected chi connectivity index (χ0v) is 13.3. The number of halogens is 2. The Kier molecular flexibility index (Phi) is 5.57. The third-order valence-corrected chi connectivity index (χ3v) is 3.59.